The topological polar surface area (TPSA) is 47.3 Å². The highest BCUT2D eigenvalue weighted by Gasteiger charge is 2.20. The second-order valence-electron chi connectivity index (χ2n) is 4.52. The summed E-state index contributed by atoms with van der Waals surface area (Å²) in [5.74, 6) is 1.48. The number of nitrogens with one attached hydrogen (secondary N) is 1. The maximum atomic E-state index is 6.16. The van der Waals surface area contributed by atoms with Crippen LogP contribution in [0.3, 0.4) is 0 Å². The van der Waals surface area contributed by atoms with Gasteiger partial charge in [-0.1, -0.05) is 15.9 Å². The fourth-order valence-corrected chi connectivity index (χ4v) is 2.40. The summed E-state index contributed by atoms with van der Waals surface area (Å²) >= 11 is 3.40. The molecule has 0 spiro atoms. The van der Waals surface area contributed by atoms with Gasteiger partial charge >= 0.3 is 0 Å². The molecule has 0 saturated carbocycles. The van der Waals surface area contributed by atoms with E-state index in [9.17, 15) is 0 Å². The molecule has 0 radical (unpaired) electrons. The first-order valence-corrected chi connectivity index (χ1v) is 6.89. The molecular weight excluding hydrogens is 280 g/mol. The minimum atomic E-state index is 0.140. The van der Waals surface area contributed by atoms with Crippen molar-refractivity contribution in [3.63, 3.8) is 0 Å². The molecule has 4 heteroatoms. The van der Waals surface area contributed by atoms with E-state index in [0.717, 1.165) is 36.2 Å². The zero-order chi connectivity index (χ0) is 12.1. The van der Waals surface area contributed by atoms with E-state index in [1.165, 1.54) is 0 Å². The Kier molecular flexibility index (Phi) is 4.83. The smallest absolute Gasteiger partial charge is 0.119 e. The second-order valence-corrected chi connectivity index (χ2v) is 5.43. The molecule has 1 unspecified atom stereocenters. The molecule has 0 aromatic heterocycles. The van der Waals surface area contributed by atoms with E-state index in [4.69, 9.17) is 10.5 Å². The molecule has 1 atom stereocenters. The lowest BCUT2D eigenvalue weighted by Crippen LogP contribution is -2.41. The van der Waals surface area contributed by atoms with Crippen molar-refractivity contribution < 1.29 is 4.74 Å². The molecule has 0 aliphatic carbocycles. The van der Waals surface area contributed by atoms with Gasteiger partial charge in [0.1, 0.15) is 12.4 Å². The fourth-order valence-electron chi connectivity index (χ4n) is 2.13. The summed E-state index contributed by atoms with van der Waals surface area (Å²) in [6.45, 7) is 2.76. The number of ether oxygens (including phenoxy) is 1. The van der Waals surface area contributed by atoms with Gasteiger partial charge < -0.3 is 15.8 Å². The van der Waals surface area contributed by atoms with Crippen molar-refractivity contribution in [3.8, 4) is 5.75 Å². The van der Waals surface area contributed by atoms with Gasteiger partial charge in [-0.05, 0) is 56.1 Å². The van der Waals surface area contributed by atoms with Crippen molar-refractivity contribution >= 4 is 15.9 Å². The summed E-state index contributed by atoms with van der Waals surface area (Å²) in [6.07, 6.45) is 2.32. The zero-order valence-electron chi connectivity index (χ0n) is 9.86. The van der Waals surface area contributed by atoms with Crippen molar-refractivity contribution in [2.75, 3.05) is 19.7 Å². The molecular formula is C13H19BrN2O. The lowest BCUT2D eigenvalue weighted by Gasteiger charge is -2.27. The Bertz CT molecular complexity index is 336. The lowest BCUT2D eigenvalue weighted by molar-refractivity contribution is 0.219. The monoisotopic (exact) mass is 298 g/mol. The minimum absolute atomic E-state index is 0.140. The molecule has 17 heavy (non-hydrogen) atoms. The van der Waals surface area contributed by atoms with Crippen LogP contribution in [-0.4, -0.2) is 25.7 Å². The van der Waals surface area contributed by atoms with E-state index in [0.29, 0.717) is 12.5 Å². The van der Waals surface area contributed by atoms with Gasteiger partial charge in [-0.15, -0.1) is 0 Å². The third-order valence-corrected chi connectivity index (χ3v) is 3.77. The quantitative estimate of drug-likeness (QED) is 0.895. The van der Waals surface area contributed by atoms with Gasteiger partial charge in [-0.3, -0.25) is 0 Å². The Morgan fingerprint density at radius 3 is 2.59 bits per heavy atom. The van der Waals surface area contributed by atoms with Crippen LogP contribution in [0.15, 0.2) is 28.7 Å². The Morgan fingerprint density at radius 1 is 1.29 bits per heavy atom. The summed E-state index contributed by atoms with van der Waals surface area (Å²) in [5, 5.41) is 3.35. The van der Waals surface area contributed by atoms with Crippen LogP contribution in [0.5, 0.6) is 5.75 Å². The third kappa shape index (κ3) is 3.98. The van der Waals surface area contributed by atoms with Crippen LogP contribution >= 0.6 is 15.9 Å². The normalized spacial score (nSPS) is 18.9. The van der Waals surface area contributed by atoms with Gasteiger partial charge in [0.25, 0.3) is 0 Å². The molecule has 1 fully saturated rings. The number of hydrogen-bond acceptors (Lipinski definition) is 3. The average molecular weight is 299 g/mol. The van der Waals surface area contributed by atoms with E-state index in [1.54, 1.807) is 0 Å². The van der Waals surface area contributed by atoms with Gasteiger partial charge in [0, 0.05) is 10.5 Å². The fraction of sp³-hybridized carbons (Fsp3) is 0.538. The number of rotatable bonds is 4. The van der Waals surface area contributed by atoms with E-state index in [2.05, 4.69) is 21.2 Å². The van der Waals surface area contributed by atoms with Gasteiger partial charge in [0.15, 0.2) is 0 Å². The standard InChI is InChI=1S/C13H19BrN2O/c14-11-1-3-12(4-2-11)17-9-13(15)10-5-7-16-8-6-10/h1-4,10,13,16H,5-9,15H2. The number of hydrogen-bond donors (Lipinski definition) is 2. The highest BCUT2D eigenvalue weighted by Crippen LogP contribution is 2.18. The van der Waals surface area contributed by atoms with E-state index in [1.807, 2.05) is 24.3 Å². The highest BCUT2D eigenvalue weighted by molar-refractivity contribution is 9.10. The molecule has 1 saturated heterocycles. The Morgan fingerprint density at radius 2 is 1.94 bits per heavy atom. The first-order valence-electron chi connectivity index (χ1n) is 6.10. The summed E-state index contributed by atoms with van der Waals surface area (Å²) in [5.41, 5.74) is 6.16. The summed E-state index contributed by atoms with van der Waals surface area (Å²) in [7, 11) is 0. The largest absolute Gasteiger partial charge is 0.492 e. The summed E-state index contributed by atoms with van der Waals surface area (Å²) in [4.78, 5) is 0. The van der Waals surface area contributed by atoms with Crippen LogP contribution in [-0.2, 0) is 0 Å². The Labute approximate surface area is 111 Å². The lowest BCUT2D eigenvalue weighted by atomic mass is 9.91. The SMILES string of the molecule is NC(COc1ccc(Br)cc1)C1CCNCC1. The van der Waals surface area contributed by atoms with Gasteiger partial charge in [-0.25, -0.2) is 0 Å². The van der Waals surface area contributed by atoms with Crippen LogP contribution in [0.1, 0.15) is 12.8 Å². The van der Waals surface area contributed by atoms with Crippen LogP contribution in [0.25, 0.3) is 0 Å². The molecule has 0 amide bonds. The third-order valence-electron chi connectivity index (χ3n) is 3.25. The number of benzene rings is 1. The van der Waals surface area contributed by atoms with Crippen molar-refractivity contribution in [1.82, 2.24) is 5.32 Å². The maximum absolute atomic E-state index is 6.16. The highest BCUT2D eigenvalue weighted by atomic mass is 79.9. The molecule has 1 aromatic carbocycles. The summed E-state index contributed by atoms with van der Waals surface area (Å²) in [6, 6.07) is 8.01. The van der Waals surface area contributed by atoms with Crippen LogP contribution in [0.4, 0.5) is 0 Å². The molecule has 0 bridgehead atoms. The van der Waals surface area contributed by atoms with E-state index < -0.39 is 0 Å². The van der Waals surface area contributed by atoms with Gasteiger partial charge in [0.2, 0.25) is 0 Å². The van der Waals surface area contributed by atoms with Crippen molar-refractivity contribution in [2.24, 2.45) is 11.7 Å². The first-order chi connectivity index (χ1) is 8.25. The molecule has 1 aliphatic heterocycles. The first kappa shape index (κ1) is 12.9. The number of halogens is 1. The average Bonchev–Trinajstić information content (AvgIpc) is 2.39. The Balaban J connectivity index is 1.78. The van der Waals surface area contributed by atoms with Crippen LogP contribution in [0, 0.1) is 5.92 Å². The van der Waals surface area contributed by atoms with Crippen molar-refractivity contribution in [3.05, 3.63) is 28.7 Å². The van der Waals surface area contributed by atoms with Crippen LogP contribution < -0.4 is 15.8 Å². The Hall–Kier alpha value is -0.580. The predicted octanol–water partition coefficient (Wildman–Crippen LogP) is 2.15. The number of piperidine rings is 1. The second kappa shape index (κ2) is 6.38. The molecule has 3 nitrogen and oxygen atoms in total. The molecule has 94 valence electrons. The molecule has 1 aromatic rings. The predicted molar refractivity (Wildman–Crippen MR) is 73.2 cm³/mol. The molecule has 1 aliphatic rings. The molecule has 1 heterocycles. The van der Waals surface area contributed by atoms with Crippen molar-refractivity contribution in [1.29, 1.82) is 0 Å². The maximum Gasteiger partial charge on any atom is 0.119 e. The molecule has 3 N–H and O–H groups in total. The summed E-state index contributed by atoms with van der Waals surface area (Å²) < 4.78 is 6.77. The molecule has 2 rings (SSSR count). The van der Waals surface area contributed by atoms with E-state index in [-0.39, 0.29) is 6.04 Å². The van der Waals surface area contributed by atoms with E-state index >= 15 is 0 Å². The van der Waals surface area contributed by atoms with Crippen molar-refractivity contribution in [2.45, 2.75) is 18.9 Å². The van der Waals surface area contributed by atoms with Crippen LogP contribution in [0.2, 0.25) is 0 Å². The zero-order valence-corrected chi connectivity index (χ0v) is 11.4. The van der Waals surface area contributed by atoms with Gasteiger partial charge in [-0.2, -0.15) is 0 Å². The number of nitrogens with two attached hydrogens (primary N) is 1. The minimum Gasteiger partial charge on any atom is -0.492 e. The van der Waals surface area contributed by atoms with Gasteiger partial charge in [0.05, 0.1) is 0 Å².